The smallest absolute Gasteiger partial charge is 0.417 e. The van der Waals surface area contributed by atoms with Crippen molar-refractivity contribution in [2.75, 3.05) is 18.0 Å². The summed E-state index contributed by atoms with van der Waals surface area (Å²) < 4.78 is 50.1. The monoisotopic (exact) mass is 458 g/mol. The number of para-hydroxylation sites is 1. The van der Waals surface area contributed by atoms with Crippen molar-refractivity contribution in [1.29, 1.82) is 0 Å². The fourth-order valence-electron chi connectivity index (χ4n) is 3.89. The molecule has 33 heavy (non-hydrogen) atoms. The van der Waals surface area contributed by atoms with E-state index < -0.39 is 11.7 Å². The van der Waals surface area contributed by atoms with E-state index in [4.69, 9.17) is 9.47 Å². The summed E-state index contributed by atoms with van der Waals surface area (Å²) in [5, 5.41) is 9.83. The molecule has 2 aromatic carbocycles. The summed E-state index contributed by atoms with van der Waals surface area (Å²) in [7, 11) is 0. The Bertz CT molecular complexity index is 1090. The fourth-order valence-corrected chi connectivity index (χ4v) is 3.89. The molecule has 2 heterocycles. The van der Waals surface area contributed by atoms with Gasteiger partial charge < -0.3 is 19.5 Å². The quantitative estimate of drug-likeness (QED) is 0.499. The lowest BCUT2D eigenvalue weighted by molar-refractivity contribution is -0.137. The van der Waals surface area contributed by atoms with Crippen LogP contribution >= 0.6 is 0 Å². The van der Waals surface area contributed by atoms with Crippen molar-refractivity contribution in [1.82, 2.24) is 4.98 Å². The van der Waals surface area contributed by atoms with Crippen LogP contribution in [0.4, 0.5) is 18.9 Å². The SMILES string of the molecule is CCc1ccccc1Oc1ccc(CO)c(N2CCC(Oc3ccc(C(F)(F)F)cn3)C2)c1. The first kappa shape index (κ1) is 22.9. The zero-order valence-electron chi connectivity index (χ0n) is 18.2. The molecule has 1 unspecified atom stereocenters. The highest BCUT2D eigenvalue weighted by Gasteiger charge is 2.31. The van der Waals surface area contributed by atoms with E-state index in [1.54, 1.807) is 0 Å². The van der Waals surface area contributed by atoms with Crippen LogP contribution in [-0.2, 0) is 19.2 Å². The summed E-state index contributed by atoms with van der Waals surface area (Å²) in [6, 6.07) is 15.6. The van der Waals surface area contributed by atoms with Gasteiger partial charge in [-0.1, -0.05) is 31.2 Å². The molecule has 4 rings (SSSR count). The van der Waals surface area contributed by atoms with E-state index in [2.05, 4.69) is 16.8 Å². The first-order chi connectivity index (χ1) is 15.9. The second-order valence-electron chi connectivity index (χ2n) is 7.87. The number of ether oxygens (including phenoxy) is 2. The molecule has 0 saturated carbocycles. The van der Waals surface area contributed by atoms with E-state index in [1.807, 2.05) is 42.5 Å². The van der Waals surface area contributed by atoms with Gasteiger partial charge in [0.1, 0.15) is 17.6 Å². The molecular weight excluding hydrogens is 433 g/mol. The molecular formula is C25H25F3N2O3. The van der Waals surface area contributed by atoms with Gasteiger partial charge in [0.25, 0.3) is 0 Å². The normalized spacial score (nSPS) is 16.2. The van der Waals surface area contributed by atoms with Gasteiger partial charge in [-0.05, 0) is 30.2 Å². The number of pyridine rings is 1. The number of aliphatic hydroxyl groups is 1. The molecule has 0 amide bonds. The van der Waals surface area contributed by atoms with Gasteiger partial charge in [-0.25, -0.2) is 4.98 Å². The molecule has 1 fully saturated rings. The van der Waals surface area contributed by atoms with Crippen LogP contribution in [0.5, 0.6) is 17.4 Å². The molecule has 1 aromatic heterocycles. The summed E-state index contributed by atoms with van der Waals surface area (Å²) in [5.74, 6) is 1.61. The van der Waals surface area contributed by atoms with Gasteiger partial charge in [-0.2, -0.15) is 13.2 Å². The van der Waals surface area contributed by atoms with Crippen LogP contribution in [0, 0.1) is 0 Å². The number of rotatable bonds is 7. The zero-order chi connectivity index (χ0) is 23.4. The Morgan fingerprint density at radius 3 is 2.61 bits per heavy atom. The summed E-state index contributed by atoms with van der Waals surface area (Å²) in [4.78, 5) is 5.88. The number of aliphatic hydroxyl groups excluding tert-OH is 1. The largest absolute Gasteiger partial charge is 0.472 e. The summed E-state index contributed by atoms with van der Waals surface area (Å²) in [5.41, 5.74) is 1.90. The predicted molar refractivity (Wildman–Crippen MR) is 119 cm³/mol. The van der Waals surface area contributed by atoms with Crippen LogP contribution in [-0.4, -0.2) is 29.3 Å². The molecule has 0 radical (unpaired) electrons. The lowest BCUT2D eigenvalue weighted by Gasteiger charge is -2.23. The van der Waals surface area contributed by atoms with Crippen LogP contribution < -0.4 is 14.4 Å². The molecule has 0 bridgehead atoms. The number of benzene rings is 2. The van der Waals surface area contributed by atoms with E-state index >= 15 is 0 Å². The first-order valence-electron chi connectivity index (χ1n) is 10.8. The number of aromatic nitrogens is 1. The Labute approximate surface area is 190 Å². The van der Waals surface area contributed by atoms with Gasteiger partial charge in [0.2, 0.25) is 5.88 Å². The second kappa shape index (κ2) is 9.70. The molecule has 8 heteroatoms. The molecule has 0 aliphatic carbocycles. The Balaban J connectivity index is 1.47. The summed E-state index contributed by atoms with van der Waals surface area (Å²) in [6.07, 6.45) is -2.36. The van der Waals surface area contributed by atoms with Crippen molar-refractivity contribution in [3.05, 3.63) is 77.5 Å². The molecule has 1 saturated heterocycles. The first-order valence-corrected chi connectivity index (χ1v) is 10.8. The van der Waals surface area contributed by atoms with Crippen molar-refractivity contribution >= 4 is 5.69 Å². The highest BCUT2D eigenvalue weighted by molar-refractivity contribution is 5.58. The molecule has 1 N–H and O–H groups in total. The van der Waals surface area contributed by atoms with Crippen LogP contribution in [0.25, 0.3) is 0 Å². The molecule has 5 nitrogen and oxygen atoms in total. The van der Waals surface area contributed by atoms with Gasteiger partial charge in [-0.3, -0.25) is 0 Å². The fraction of sp³-hybridized carbons (Fsp3) is 0.320. The van der Waals surface area contributed by atoms with Crippen molar-refractivity contribution < 1.29 is 27.8 Å². The number of aryl methyl sites for hydroxylation is 1. The van der Waals surface area contributed by atoms with Crippen LogP contribution in [0.2, 0.25) is 0 Å². The minimum absolute atomic E-state index is 0.121. The maximum absolute atomic E-state index is 12.7. The third-order valence-corrected chi connectivity index (χ3v) is 5.65. The average Bonchev–Trinajstić information content (AvgIpc) is 3.27. The third-order valence-electron chi connectivity index (χ3n) is 5.65. The molecule has 1 aliphatic heterocycles. The van der Waals surface area contributed by atoms with Gasteiger partial charge >= 0.3 is 6.18 Å². The Kier molecular flexibility index (Phi) is 6.74. The van der Waals surface area contributed by atoms with E-state index in [1.165, 1.54) is 6.07 Å². The standard InChI is InChI=1S/C25H25F3N2O3/c1-2-17-5-3-4-6-23(17)32-20-9-7-18(16-31)22(13-20)30-12-11-21(15-30)33-24-10-8-19(14-29-24)25(26,27)28/h3-10,13-14,21,31H,2,11-12,15-16H2,1H3. The highest BCUT2D eigenvalue weighted by atomic mass is 19.4. The van der Waals surface area contributed by atoms with Gasteiger partial charge in [0.15, 0.2) is 0 Å². The lowest BCUT2D eigenvalue weighted by atomic mass is 10.1. The number of nitrogens with zero attached hydrogens (tertiary/aromatic N) is 2. The third kappa shape index (κ3) is 5.39. The zero-order valence-corrected chi connectivity index (χ0v) is 18.2. The average molecular weight is 458 g/mol. The Morgan fingerprint density at radius 2 is 1.91 bits per heavy atom. The molecule has 3 aromatic rings. The van der Waals surface area contributed by atoms with E-state index in [0.29, 0.717) is 25.3 Å². The van der Waals surface area contributed by atoms with Gasteiger partial charge in [0, 0.05) is 42.5 Å². The van der Waals surface area contributed by atoms with Crippen molar-refractivity contribution in [3.8, 4) is 17.4 Å². The van der Waals surface area contributed by atoms with Crippen molar-refractivity contribution in [2.24, 2.45) is 0 Å². The lowest BCUT2D eigenvalue weighted by Crippen LogP contribution is -2.25. The summed E-state index contributed by atoms with van der Waals surface area (Å²) in [6.45, 7) is 3.14. The molecule has 1 atom stereocenters. The number of alkyl halides is 3. The Morgan fingerprint density at radius 1 is 1.09 bits per heavy atom. The predicted octanol–water partition coefficient (Wildman–Crippen LogP) is 5.61. The number of hydrogen-bond donors (Lipinski definition) is 1. The van der Waals surface area contributed by atoms with Crippen LogP contribution in [0.3, 0.4) is 0 Å². The Hall–Kier alpha value is -3.26. The van der Waals surface area contributed by atoms with Crippen LogP contribution in [0.1, 0.15) is 30.0 Å². The maximum Gasteiger partial charge on any atom is 0.417 e. The molecule has 0 spiro atoms. The van der Waals surface area contributed by atoms with Crippen LogP contribution in [0.15, 0.2) is 60.8 Å². The van der Waals surface area contributed by atoms with Crippen molar-refractivity contribution in [2.45, 2.75) is 38.7 Å². The minimum atomic E-state index is -4.43. The molecule has 174 valence electrons. The van der Waals surface area contributed by atoms with E-state index in [0.717, 1.165) is 41.2 Å². The number of hydrogen-bond acceptors (Lipinski definition) is 5. The number of anilines is 1. The van der Waals surface area contributed by atoms with E-state index in [9.17, 15) is 18.3 Å². The summed E-state index contributed by atoms with van der Waals surface area (Å²) >= 11 is 0. The second-order valence-corrected chi connectivity index (χ2v) is 7.87. The maximum atomic E-state index is 12.7. The van der Waals surface area contributed by atoms with E-state index in [-0.39, 0.29) is 18.6 Å². The topological polar surface area (TPSA) is 54.8 Å². The minimum Gasteiger partial charge on any atom is -0.472 e. The number of halogens is 3. The van der Waals surface area contributed by atoms with Crippen molar-refractivity contribution in [3.63, 3.8) is 0 Å². The molecule has 1 aliphatic rings. The highest BCUT2D eigenvalue weighted by Crippen LogP contribution is 2.34. The van der Waals surface area contributed by atoms with Gasteiger partial charge in [-0.15, -0.1) is 0 Å². The van der Waals surface area contributed by atoms with Gasteiger partial charge in [0.05, 0.1) is 18.7 Å².